The number of aromatic nitrogens is 1. The molecule has 0 aliphatic heterocycles. The van der Waals surface area contributed by atoms with Crippen molar-refractivity contribution in [2.75, 3.05) is 6.54 Å². The summed E-state index contributed by atoms with van der Waals surface area (Å²) in [5, 5.41) is 9.24. The van der Waals surface area contributed by atoms with Crippen molar-refractivity contribution in [3.05, 3.63) is 27.5 Å². The highest BCUT2D eigenvalue weighted by atomic mass is 35.5. The minimum atomic E-state index is 0.311. The molecule has 0 aliphatic rings. The highest BCUT2D eigenvalue weighted by Gasteiger charge is 2.11. The zero-order valence-corrected chi connectivity index (χ0v) is 11.5. The molecule has 1 unspecified atom stereocenters. The molecule has 86 valence electrons. The summed E-state index contributed by atoms with van der Waals surface area (Å²) in [4.78, 5) is 5.76. The summed E-state index contributed by atoms with van der Waals surface area (Å²) in [6.07, 6.45) is 0. The molecule has 2 rings (SSSR count). The normalized spacial score (nSPS) is 12.9. The van der Waals surface area contributed by atoms with Crippen LogP contribution in [0, 0.1) is 0 Å². The average Bonchev–Trinajstić information content (AvgIpc) is 2.85. The molecule has 0 saturated carbocycles. The molecule has 2 aromatic heterocycles. The predicted octanol–water partition coefficient (Wildman–Crippen LogP) is 4.20. The first kappa shape index (κ1) is 12.0. The van der Waals surface area contributed by atoms with Crippen LogP contribution < -0.4 is 5.32 Å². The Kier molecular flexibility index (Phi) is 3.97. The number of thiazole rings is 1. The number of halogens is 1. The van der Waals surface area contributed by atoms with E-state index < -0.39 is 0 Å². The van der Waals surface area contributed by atoms with Crippen molar-refractivity contribution in [2.45, 2.75) is 19.9 Å². The molecular formula is C11H13ClN2S2. The second-order valence-electron chi connectivity index (χ2n) is 3.49. The first-order valence-electron chi connectivity index (χ1n) is 5.14. The lowest BCUT2D eigenvalue weighted by Crippen LogP contribution is -2.17. The first-order chi connectivity index (χ1) is 7.70. The van der Waals surface area contributed by atoms with E-state index in [4.69, 9.17) is 11.6 Å². The lowest BCUT2D eigenvalue weighted by molar-refractivity contribution is 0.587. The van der Waals surface area contributed by atoms with Crippen molar-refractivity contribution >= 4 is 34.3 Å². The smallest absolute Gasteiger partial charge is 0.133 e. The fourth-order valence-electron chi connectivity index (χ4n) is 1.43. The Morgan fingerprint density at radius 3 is 2.88 bits per heavy atom. The Morgan fingerprint density at radius 2 is 2.25 bits per heavy atom. The van der Waals surface area contributed by atoms with Gasteiger partial charge in [-0.2, -0.15) is 0 Å². The Balaban J connectivity index is 2.19. The summed E-state index contributed by atoms with van der Waals surface area (Å²) >= 11 is 9.21. The van der Waals surface area contributed by atoms with Crippen molar-refractivity contribution < 1.29 is 0 Å². The van der Waals surface area contributed by atoms with Gasteiger partial charge in [-0.05, 0) is 19.5 Å². The van der Waals surface area contributed by atoms with Crippen molar-refractivity contribution in [1.29, 1.82) is 0 Å². The predicted molar refractivity (Wildman–Crippen MR) is 72.5 cm³/mol. The van der Waals surface area contributed by atoms with Crippen LogP contribution in [0.5, 0.6) is 0 Å². The monoisotopic (exact) mass is 272 g/mol. The van der Waals surface area contributed by atoms with Crippen LogP contribution in [0.1, 0.15) is 25.6 Å². The molecule has 1 N–H and O–H groups in total. The highest BCUT2D eigenvalue weighted by Crippen LogP contribution is 2.32. The van der Waals surface area contributed by atoms with Crippen molar-refractivity contribution in [2.24, 2.45) is 0 Å². The van der Waals surface area contributed by atoms with Gasteiger partial charge in [-0.15, -0.1) is 22.7 Å². The summed E-state index contributed by atoms with van der Waals surface area (Å²) in [6.45, 7) is 5.19. The molecule has 2 aromatic rings. The van der Waals surface area contributed by atoms with E-state index in [0.717, 1.165) is 27.1 Å². The molecule has 0 aromatic carbocycles. The van der Waals surface area contributed by atoms with E-state index in [1.165, 1.54) is 0 Å². The number of nitrogens with zero attached hydrogens (tertiary/aromatic N) is 1. The highest BCUT2D eigenvalue weighted by molar-refractivity contribution is 7.20. The van der Waals surface area contributed by atoms with Gasteiger partial charge in [0.05, 0.1) is 15.6 Å². The fraction of sp³-hybridized carbons (Fsp3) is 0.364. The molecule has 5 heteroatoms. The molecule has 1 atom stereocenters. The van der Waals surface area contributed by atoms with E-state index in [9.17, 15) is 0 Å². The Morgan fingerprint density at radius 1 is 1.44 bits per heavy atom. The Labute approximate surface area is 108 Å². The summed E-state index contributed by atoms with van der Waals surface area (Å²) < 4.78 is 0. The third-order valence-corrected chi connectivity index (χ3v) is 4.56. The topological polar surface area (TPSA) is 24.9 Å². The number of hydrogen-bond donors (Lipinski definition) is 1. The van der Waals surface area contributed by atoms with Gasteiger partial charge in [-0.3, -0.25) is 0 Å². The molecule has 0 spiro atoms. The summed E-state index contributed by atoms with van der Waals surface area (Å²) in [5.74, 6) is 0. The average molecular weight is 273 g/mol. The number of thiophene rings is 1. The third kappa shape index (κ3) is 2.63. The van der Waals surface area contributed by atoms with E-state index >= 15 is 0 Å². The van der Waals surface area contributed by atoms with Gasteiger partial charge in [0.1, 0.15) is 5.01 Å². The second kappa shape index (κ2) is 5.27. The zero-order valence-electron chi connectivity index (χ0n) is 9.16. The lowest BCUT2D eigenvalue weighted by atomic mass is 10.2. The van der Waals surface area contributed by atoms with Gasteiger partial charge in [0.25, 0.3) is 0 Å². The Hall–Kier alpha value is -0.420. The standard InChI is InChI=1S/C11H13ClN2S2/c1-3-13-7(2)9-6-16-11(14-9)10-4-8(12)5-15-10/h4-7,13H,3H2,1-2H3. The molecule has 0 fully saturated rings. The van der Waals surface area contributed by atoms with Crippen molar-refractivity contribution in [3.8, 4) is 9.88 Å². The summed E-state index contributed by atoms with van der Waals surface area (Å²) in [7, 11) is 0. The molecule has 0 saturated heterocycles. The van der Waals surface area contributed by atoms with Crippen molar-refractivity contribution in [1.82, 2.24) is 10.3 Å². The SMILES string of the molecule is CCNC(C)c1csc(-c2cc(Cl)cs2)n1. The van der Waals surface area contributed by atoms with Crippen LogP contribution in [0.4, 0.5) is 0 Å². The fourth-order valence-corrected chi connectivity index (χ4v) is 3.50. The third-order valence-electron chi connectivity index (χ3n) is 2.25. The minimum absolute atomic E-state index is 0.311. The van der Waals surface area contributed by atoms with Gasteiger partial charge in [0.15, 0.2) is 0 Å². The van der Waals surface area contributed by atoms with Gasteiger partial charge in [-0.25, -0.2) is 4.98 Å². The van der Waals surface area contributed by atoms with Gasteiger partial charge in [-0.1, -0.05) is 18.5 Å². The molecule has 16 heavy (non-hydrogen) atoms. The van der Waals surface area contributed by atoms with Crippen LogP contribution in [0.25, 0.3) is 9.88 Å². The molecule has 2 heterocycles. The maximum atomic E-state index is 5.90. The van der Waals surface area contributed by atoms with Crippen LogP contribution >= 0.6 is 34.3 Å². The molecule has 0 bridgehead atoms. The molecule has 0 aliphatic carbocycles. The maximum absolute atomic E-state index is 5.90. The van der Waals surface area contributed by atoms with Gasteiger partial charge in [0.2, 0.25) is 0 Å². The largest absolute Gasteiger partial charge is 0.309 e. The number of hydrogen-bond acceptors (Lipinski definition) is 4. The van der Waals surface area contributed by atoms with E-state index in [1.54, 1.807) is 22.7 Å². The van der Waals surface area contributed by atoms with Crippen molar-refractivity contribution in [3.63, 3.8) is 0 Å². The minimum Gasteiger partial charge on any atom is -0.309 e. The van der Waals surface area contributed by atoms with Gasteiger partial charge < -0.3 is 5.32 Å². The molecular weight excluding hydrogens is 260 g/mol. The zero-order chi connectivity index (χ0) is 11.5. The number of nitrogens with one attached hydrogen (secondary N) is 1. The van der Waals surface area contributed by atoms with Crippen LogP contribution in [0.15, 0.2) is 16.8 Å². The lowest BCUT2D eigenvalue weighted by Gasteiger charge is -2.07. The summed E-state index contributed by atoms with van der Waals surface area (Å²) in [6, 6.07) is 2.28. The second-order valence-corrected chi connectivity index (χ2v) is 5.69. The summed E-state index contributed by atoms with van der Waals surface area (Å²) in [5.41, 5.74) is 1.10. The number of rotatable bonds is 4. The maximum Gasteiger partial charge on any atom is 0.133 e. The first-order valence-corrected chi connectivity index (χ1v) is 7.27. The van der Waals surface area contributed by atoms with Crippen LogP contribution in [0.3, 0.4) is 0 Å². The van der Waals surface area contributed by atoms with E-state index in [1.807, 2.05) is 11.4 Å². The van der Waals surface area contributed by atoms with Gasteiger partial charge >= 0.3 is 0 Å². The van der Waals surface area contributed by atoms with Crippen LogP contribution in [0.2, 0.25) is 5.02 Å². The van der Waals surface area contributed by atoms with Crippen LogP contribution in [-0.2, 0) is 0 Å². The van der Waals surface area contributed by atoms with E-state index in [0.29, 0.717) is 6.04 Å². The molecule has 0 radical (unpaired) electrons. The van der Waals surface area contributed by atoms with Crippen LogP contribution in [-0.4, -0.2) is 11.5 Å². The molecule has 0 amide bonds. The van der Waals surface area contributed by atoms with E-state index in [2.05, 4.69) is 29.5 Å². The van der Waals surface area contributed by atoms with Gasteiger partial charge in [0, 0.05) is 16.8 Å². The molecule has 2 nitrogen and oxygen atoms in total. The van der Waals surface area contributed by atoms with E-state index in [-0.39, 0.29) is 0 Å². The quantitative estimate of drug-likeness (QED) is 0.902. The Bertz CT molecular complexity index is 464.